The van der Waals surface area contributed by atoms with E-state index in [0.717, 1.165) is 13.0 Å². The van der Waals surface area contributed by atoms with Gasteiger partial charge < -0.3 is 10.1 Å². The molecule has 1 heterocycles. The largest absolute Gasteiger partial charge is 0.459 e. The lowest BCUT2D eigenvalue weighted by molar-refractivity contribution is -0.157. The molecular formula is C15H21NO2. The summed E-state index contributed by atoms with van der Waals surface area (Å²) in [5.74, 6) is 0.268. The molecule has 1 aliphatic heterocycles. The lowest BCUT2D eigenvalue weighted by Gasteiger charge is -2.22. The third kappa shape index (κ3) is 3.33. The molecule has 0 amide bonds. The molecular weight excluding hydrogens is 226 g/mol. The zero-order valence-electron chi connectivity index (χ0n) is 11.3. The Bertz CT molecular complexity index is 408. The summed E-state index contributed by atoms with van der Waals surface area (Å²) < 4.78 is 5.40. The lowest BCUT2D eigenvalue weighted by atomic mass is 9.96. The molecule has 2 atom stereocenters. The number of rotatable bonds is 2. The zero-order valence-corrected chi connectivity index (χ0v) is 11.3. The topological polar surface area (TPSA) is 38.3 Å². The highest BCUT2D eigenvalue weighted by Gasteiger charge is 2.33. The Balaban J connectivity index is 1.95. The SMILES string of the molecule is CC(C)(C)OC(=O)[C@@H]1C[C@@H](c2ccccc2)CN1. The van der Waals surface area contributed by atoms with E-state index in [-0.39, 0.29) is 12.0 Å². The zero-order chi connectivity index (χ0) is 13.2. The van der Waals surface area contributed by atoms with E-state index in [1.165, 1.54) is 5.56 Å². The third-order valence-electron chi connectivity index (χ3n) is 3.09. The molecule has 3 nitrogen and oxygen atoms in total. The normalized spacial score (nSPS) is 23.9. The molecule has 1 saturated heterocycles. The standard InChI is InChI=1S/C15H21NO2/c1-15(2,3)18-14(17)13-9-12(10-16-13)11-7-5-4-6-8-11/h4-8,12-13,16H,9-10H2,1-3H3/t12-,13+/m1/s1. The van der Waals surface area contributed by atoms with E-state index < -0.39 is 5.60 Å². The molecule has 1 N–H and O–H groups in total. The van der Waals surface area contributed by atoms with Crippen molar-refractivity contribution in [2.75, 3.05) is 6.54 Å². The van der Waals surface area contributed by atoms with Crippen LogP contribution in [0.4, 0.5) is 0 Å². The predicted molar refractivity (Wildman–Crippen MR) is 71.4 cm³/mol. The Labute approximate surface area is 109 Å². The van der Waals surface area contributed by atoms with Crippen LogP contribution in [0.5, 0.6) is 0 Å². The van der Waals surface area contributed by atoms with Crippen molar-refractivity contribution in [3.8, 4) is 0 Å². The van der Waals surface area contributed by atoms with E-state index in [0.29, 0.717) is 5.92 Å². The highest BCUT2D eigenvalue weighted by Crippen LogP contribution is 2.26. The van der Waals surface area contributed by atoms with E-state index in [2.05, 4.69) is 17.4 Å². The predicted octanol–water partition coefficient (Wildman–Crippen LogP) is 2.47. The van der Waals surface area contributed by atoms with Gasteiger partial charge in [-0.05, 0) is 38.7 Å². The summed E-state index contributed by atoms with van der Waals surface area (Å²) >= 11 is 0. The molecule has 0 aliphatic carbocycles. The Kier molecular flexibility index (Phi) is 3.71. The first-order valence-electron chi connectivity index (χ1n) is 6.47. The fourth-order valence-corrected chi connectivity index (χ4v) is 2.27. The van der Waals surface area contributed by atoms with Crippen LogP contribution in [0.2, 0.25) is 0 Å². The van der Waals surface area contributed by atoms with E-state index in [1.54, 1.807) is 0 Å². The van der Waals surface area contributed by atoms with Gasteiger partial charge in [0.25, 0.3) is 0 Å². The first kappa shape index (κ1) is 13.1. The fourth-order valence-electron chi connectivity index (χ4n) is 2.27. The summed E-state index contributed by atoms with van der Waals surface area (Å²) in [5, 5.41) is 3.25. The van der Waals surface area contributed by atoms with Crippen LogP contribution in [-0.4, -0.2) is 24.2 Å². The number of carbonyl (C=O) groups is 1. The molecule has 98 valence electrons. The van der Waals surface area contributed by atoms with Crippen LogP contribution in [0.25, 0.3) is 0 Å². The van der Waals surface area contributed by atoms with Gasteiger partial charge in [-0.2, -0.15) is 0 Å². The molecule has 0 saturated carbocycles. The number of ether oxygens (including phenoxy) is 1. The molecule has 0 unspecified atom stereocenters. The van der Waals surface area contributed by atoms with Crippen LogP contribution in [0.1, 0.15) is 38.7 Å². The minimum absolute atomic E-state index is 0.138. The molecule has 1 aromatic rings. The average molecular weight is 247 g/mol. The second kappa shape index (κ2) is 5.11. The summed E-state index contributed by atoms with van der Waals surface area (Å²) in [4.78, 5) is 12.0. The van der Waals surface area contributed by atoms with Gasteiger partial charge >= 0.3 is 5.97 Å². The van der Waals surface area contributed by atoms with Gasteiger partial charge in [-0.1, -0.05) is 30.3 Å². The highest BCUT2D eigenvalue weighted by atomic mass is 16.6. The maximum Gasteiger partial charge on any atom is 0.323 e. The second-order valence-electron chi connectivity index (χ2n) is 5.84. The van der Waals surface area contributed by atoms with Crippen molar-refractivity contribution in [1.82, 2.24) is 5.32 Å². The second-order valence-corrected chi connectivity index (χ2v) is 5.84. The average Bonchev–Trinajstić information content (AvgIpc) is 2.77. The number of hydrogen-bond acceptors (Lipinski definition) is 3. The maximum atomic E-state index is 12.0. The van der Waals surface area contributed by atoms with Crippen molar-refractivity contribution in [2.45, 2.75) is 44.8 Å². The van der Waals surface area contributed by atoms with E-state index >= 15 is 0 Å². The maximum absolute atomic E-state index is 12.0. The molecule has 1 aromatic carbocycles. The Hall–Kier alpha value is -1.35. The van der Waals surface area contributed by atoms with Crippen molar-refractivity contribution >= 4 is 5.97 Å². The van der Waals surface area contributed by atoms with Crippen molar-refractivity contribution in [3.63, 3.8) is 0 Å². The Morgan fingerprint density at radius 1 is 1.28 bits per heavy atom. The van der Waals surface area contributed by atoms with Crippen molar-refractivity contribution in [3.05, 3.63) is 35.9 Å². The molecule has 1 fully saturated rings. The van der Waals surface area contributed by atoms with Crippen LogP contribution in [0, 0.1) is 0 Å². The smallest absolute Gasteiger partial charge is 0.323 e. The first-order valence-corrected chi connectivity index (χ1v) is 6.47. The molecule has 18 heavy (non-hydrogen) atoms. The molecule has 2 rings (SSSR count). The molecule has 1 aliphatic rings. The van der Waals surface area contributed by atoms with Gasteiger partial charge in [0.05, 0.1) is 0 Å². The minimum atomic E-state index is -0.413. The summed E-state index contributed by atoms with van der Waals surface area (Å²) in [5.41, 5.74) is 0.875. The fraction of sp³-hybridized carbons (Fsp3) is 0.533. The van der Waals surface area contributed by atoms with Crippen LogP contribution in [0.15, 0.2) is 30.3 Å². The van der Waals surface area contributed by atoms with Gasteiger partial charge in [-0.25, -0.2) is 0 Å². The number of benzene rings is 1. The number of hydrogen-bond donors (Lipinski definition) is 1. The molecule has 0 spiro atoms. The van der Waals surface area contributed by atoms with Gasteiger partial charge in [0, 0.05) is 6.54 Å². The van der Waals surface area contributed by atoms with Crippen LogP contribution >= 0.6 is 0 Å². The molecule has 0 aromatic heterocycles. The number of esters is 1. The van der Waals surface area contributed by atoms with Crippen LogP contribution in [-0.2, 0) is 9.53 Å². The van der Waals surface area contributed by atoms with E-state index in [9.17, 15) is 4.79 Å². The Morgan fingerprint density at radius 2 is 1.94 bits per heavy atom. The van der Waals surface area contributed by atoms with Gasteiger partial charge in [-0.3, -0.25) is 4.79 Å². The Morgan fingerprint density at radius 3 is 2.56 bits per heavy atom. The molecule has 0 bridgehead atoms. The summed E-state index contributed by atoms with van der Waals surface area (Å²) in [7, 11) is 0. The van der Waals surface area contributed by atoms with Gasteiger partial charge in [-0.15, -0.1) is 0 Å². The van der Waals surface area contributed by atoms with Crippen molar-refractivity contribution in [1.29, 1.82) is 0 Å². The van der Waals surface area contributed by atoms with Crippen LogP contribution < -0.4 is 5.32 Å². The van der Waals surface area contributed by atoms with Gasteiger partial charge in [0.1, 0.15) is 11.6 Å². The summed E-state index contributed by atoms with van der Waals surface area (Å²) in [6.45, 7) is 6.53. The molecule has 0 radical (unpaired) electrons. The third-order valence-corrected chi connectivity index (χ3v) is 3.09. The molecule has 3 heteroatoms. The number of nitrogens with one attached hydrogen (secondary N) is 1. The number of carbonyl (C=O) groups excluding carboxylic acids is 1. The monoisotopic (exact) mass is 247 g/mol. The van der Waals surface area contributed by atoms with Crippen molar-refractivity contribution in [2.24, 2.45) is 0 Å². The minimum Gasteiger partial charge on any atom is -0.459 e. The van der Waals surface area contributed by atoms with Gasteiger partial charge in [0.15, 0.2) is 0 Å². The van der Waals surface area contributed by atoms with Crippen LogP contribution in [0.3, 0.4) is 0 Å². The summed E-state index contributed by atoms with van der Waals surface area (Å²) in [6.07, 6.45) is 0.818. The van der Waals surface area contributed by atoms with Gasteiger partial charge in [0.2, 0.25) is 0 Å². The lowest BCUT2D eigenvalue weighted by Crippen LogP contribution is -2.37. The highest BCUT2D eigenvalue weighted by molar-refractivity contribution is 5.76. The summed E-state index contributed by atoms with van der Waals surface area (Å²) in [6, 6.07) is 10.1. The first-order chi connectivity index (χ1) is 8.46. The van der Waals surface area contributed by atoms with E-state index in [4.69, 9.17) is 4.74 Å². The van der Waals surface area contributed by atoms with Crippen molar-refractivity contribution < 1.29 is 9.53 Å². The van der Waals surface area contributed by atoms with E-state index in [1.807, 2.05) is 39.0 Å². The quantitative estimate of drug-likeness (QED) is 0.816.